The van der Waals surface area contributed by atoms with E-state index in [1.807, 2.05) is 6.92 Å². The van der Waals surface area contributed by atoms with Crippen LogP contribution in [0.5, 0.6) is 0 Å². The topological polar surface area (TPSA) is 78.9 Å². The zero-order chi connectivity index (χ0) is 13.7. The Bertz CT molecular complexity index is 302. The maximum Gasteiger partial charge on any atom is 0.317 e. The van der Waals surface area contributed by atoms with Crippen LogP contribution in [-0.4, -0.2) is 53.8 Å². The second-order valence-electron chi connectivity index (χ2n) is 4.71. The van der Waals surface area contributed by atoms with E-state index in [1.54, 1.807) is 18.9 Å². The Morgan fingerprint density at radius 2 is 2.11 bits per heavy atom. The van der Waals surface area contributed by atoms with E-state index < -0.39 is 5.97 Å². The summed E-state index contributed by atoms with van der Waals surface area (Å²) < 4.78 is 5.14. The summed E-state index contributed by atoms with van der Waals surface area (Å²) in [5.41, 5.74) is 0. The highest BCUT2D eigenvalue weighted by Gasteiger charge is 2.32. The minimum absolute atomic E-state index is 0.0351. The largest absolute Gasteiger partial charge is 0.481 e. The molecule has 1 rings (SSSR count). The van der Waals surface area contributed by atoms with Gasteiger partial charge in [0.05, 0.1) is 12.5 Å². The number of hydrogen-bond donors (Lipinski definition) is 2. The number of urea groups is 1. The number of hydrogen-bond acceptors (Lipinski definition) is 3. The molecule has 0 spiro atoms. The van der Waals surface area contributed by atoms with Crippen LogP contribution in [0.3, 0.4) is 0 Å². The Hall–Kier alpha value is -1.30. The molecule has 104 valence electrons. The van der Waals surface area contributed by atoms with Crippen LogP contribution >= 0.6 is 0 Å². The first-order valence-electron chi connectivity index (χ1n) is 6.29. The number of methoxy groups -OCH3 is 1. The molecule has 1 saturated carbocycles. The van der Waals surface area contributed by atoms with E-state index in [2.05, 4.69) is 5.32 Å². The number of ether oxygens (including phenoxy) is 1. The van der Waals surface area contributed by atoms with Crippen molar-refractivity contribution >= 4 is 12.0 Å². The number of carboxylic acids is 1. The first-order chi connectivity index (χ1) is 8.47. The van der Waals surface area contributed by atoms with Gasteiger partial charge < -0.3 is 20.1 Å². The first kappa shape index (κ1) is 14.8. The van der Waals surface area contributed by atoms with Gasteiger partial charge in [0, 0.05) is 25.7 Å². The van der Waals surface area contributed by atoms with Gasteiger partial charge in [0.25, 0.3) is 0 Å². The van der Waals surface area contributed by atoms with Crippen molar-refractivity contribution in [2.75, 3.05) is 13.7 Å². The fourth-order valence-electron chi connectivity index (χ4n) is 2.15. The van der Waals surface area contributed by atoms with Gasteiger partial charge in [-0.15, -0.1) is 0 Å². The number of nitrogens with one attached hydrogen (secondary N) is 1. The number of aliphatic carboxylic acids is 1. The van der Waals surface area contributed by atoms with Crippen LogP contribution < -0.4 is 5.32 Å². The number of carbonyl (C=O) groups is 2. The first-order valence-corrected chi connectivity index (χ1v) is 6.29. The maximum absolute atomic E-state index is 12.0. The zero-order valence-corrected chi connectivity index (χ0v) is 11.2. The average molecular weight is 258 g/mol. The fourth-order valence-corrected chi connectivity index (χ4v) is 2.15. The van der Waals surface area contributed by atoms with E-state index >= 15 is 0 Å². The molecule has 6 nitrogen and oxygen atoms in total. The molecule has 0 aromatic carbocycles. The molecule has 0 aromatic rings. The van der Waals surface area contributed by atoms with Gasteiger partial charge in [-0.25, -0.2) is 4.79 Å². The van der Waals surface area contributed by atoms with Crippen LogP contribution in [0.2, 0.25) is 0 Å². The minimum Gasteiger partial charge on any atom is -0.481 e. The van der Waals surface area contributed by atoms with E-state index in [-0.39, 0.29) is 30.6 Å². The van der Waals surface area contributed by atoms with Gasteiger partial charge in [-0.2, -0.15) is 0 Å². The summed E-state index contributed by atoms with van der Waals surface area (Å²) in [5.74, 6) is -0.892. The molecule has 2 amide bonds. The van der Waals surface area contributed by atoms with Crippen molar-refractivity contribution in [2.24, 2.45) is 0 Å². The molecule has 1 aliphatic carbocycles. The van der Waals surface area contributed by atoms with Crippen LogP contribution in [-0.2, 0) is 9.53 Å². The summed E-state index contributed by atoms with van der Waals surface area (Å²) in [6.45, 7) is 4.09. The van der Waals surface area contributed by atoms with Crippen LogP contribution in [0.1, 0.15) is 33.1 Å². The molecule has 0 bridgehead atoms. The van der Waals surface area contributed by atoms with E-state index in [1.165, 1.54) is 0 Å². The van der Waals surface area contributed by atoms with Crippen molar-refractivity contribution in [3.63, 3.8) is 0 Å². The summed E-state index contributed by atoms with van der Waals surface area (Å²) in [5, 5.41) is 11.6. The van der Waals surface area contributed by atoms with Gasteiger partial charge in [-0.05, 0) is 26.7 Å². The number of carbonyl (C=O) groups excluding carboxylic acids is 1. The lowest BCUT2D eigenvalue weighted by molar-refractivity contribution is -0.138. The molecule has 2 N–H and O–H groups in total. The quantitative estimate of drug-likeness (QED) is 0.746. The monoisotopic (exact) mass is 258 g/mol. The van der Waals surface area contributed by atoms with E-state index in [0.29, 0.717) is 6.54 Å². The molecule has 0 heterocycles. The number of rotatable bonds is 6. The van der Waals surface area contributed by atoms with Gasteiger partial charge in [0.2, 0.25) is 0 Å². The van der Waals surface area contributed by atoms with Crippen molar-refractivity contribution in [3.8, 4) is 0 Å². The molecule has 18 heavy (non-hydrogen) atoms. The summed E-state index contributed by atoms with van der Waals surface area (Å²) in [4.78, 5) is 24.2. The van der Waals surface area contributed by atoms with Crippen molar-refractivity contribution in [3.05, 3.63) is 0 Å². The highest BCUT2D eigenvalue weighted by molar-refractivity contribution is 5.76. The summed E-state index contributed by atoms with van der Waals surface area (Å²) in [6.07, 6.45) is 1.86. The third-order valence-electron chi connectivity index (χ3n) is 3.36. The van der Waals surface area contributed by atoms with Crippen molar-refractivity contribution in [2.45, 2.75) is 51.3 Å². The van der Waals surface area contributed by atoms with Crippen molar-refractivity contribution in [1.82, 2.24) is 10.2 Å². The summed E-state index contributed by atoms with van der Waals surface area (Å²) in [7, 11) is 1.66. The number of nitrogens with zero attached hydrogens (tertiary/aromatic N) is 1. The third kappa shape index (κ3) is 3.87. The van der Waals surface area contributed by atoms with Crippen LogP contribution in [0.25, 0.3) is 0 Å². The predicted molar refractivity (Wildman–Crippen MR) is 66.4 cm³/mol. The van der Waals surface area contributed by atoms with Crippen LogP contribution in [0, 0.1) is 0 Å². The van der Waals surface area contributed by atoms with E-state index in [9.17, 15) is 9.59 Å². The number of carboxylic acid groups (broad SMARTS) is 1. The highest BCUT2D eigenvalue weighted by atomic mass is 16.5. The molecule has 0 saturated heterocycles. The van der Waals surface area contributed by atoms with Gasteiger partial charge in [0.15, 0.2) is 0 Å². The normalized spacial score (nSPS) is 23.9. The summed E-state index contributed by atoms with van der Waals surface area (Å²) >= 11 is 0. The second-order valence-corrected chi connectivity index (χ2v) is 4.71. The Morgan fingerprint density at radius 3 is 2.56 bits per heavy atom. The smallest absolute Gasteiger partial charge is 0.317 e. The molecule has 6 heteroatoms. The highest BCUT2D eigenvalue weighted by Crippen LogP contribution is 2.22. The molecule has 0 aliphatic heterocycles. The van der Waals surface area contributed by atoms with Crippen LogP contribution in [0.15, 0.2) is 0 Å². The standard InChI is InChI=1S/C12H22N2O4/c1-4-14(8(2)5-11(15)16)12(17)13-9-6-10(7-9)18-3/h8-10H,4-7H2,1-3H3,(H,13,17)(H,15,16). The molecule has 1 aliphatic rings. The Kier molecular flexibility index (Phi) is 5.40. The Balaban J connectivity index is 2.40. The minimum atomic E-state index is -0.892. The van der Waals surface area contributed by atoms with Crippen molar-refractivity contribution in [1.29, 1.82) is 0 Å². The van der Waals surface area contributed by atoms with E-state index in [4.69, 9.17) is 9.84 Å². The van der Waals surface area contributed by atoms with Gasteiger partial charge in [0.1, 0.15) is 0 Å². The Labute approximate surface area is 107 Å². The maximum atomic E-state index is 12.0. The fraction of sp³-hybridized carbons (Fsp3) is 0.833. The SMILES string of the molecule is CCN(C(=O)NC1CC(OC)C1)C(C)CC(=O)O. The lowest BCUT2D eigenvalue weighted by atomic mass is 9.89. The number of amides is 2. The Morgan fingerprint density at radius 1 is 1.50 bits per heavy atom. The molecule has 1 unspecified atom stereocenters. The third-order valence-corrected chi connectivity index (χ3v) is 3.36. The average Bonchev–Trinajstić information content (AvgIpc) is 2.22. The van der Waals surface area contributed by atoms with Gasteiger partial charge in [-0.1, -0.05) is 0 Å². The summed E-state index contributed by atoms with van der Waals surface area (Å²) in [6, 6.07) is -0.342. The molecule has 0 aromatic heterocycles. The molecular weight excluding hydrogens is 236 g/mol. The molecule has 1 fully saturated rings. The van der Waals surface area contributed by atoms with Gasteiger partial charge in [-0.3, -0.25) is 4.79 Å². The van der Waals surface area contributed by atoms with Crippen molar-refractivity contribution < 1.29 is 19.4 Å². The van der Waals surface area contributed by atoms with E-state index in [0.717, 1.165) is 12.8 Å². The second kappa shape index (κ2) is 6.58. The lowest BCUT2D eigenvalue weighted by Gasteiger charge is -2.37. The molecule has 0 radical (unpaired) electrons. The molecule has 1 atom stereocenters. The van der Waals surface area contributed by atoms with Crippen LogP contribution in [0.4, 0.5) is 4.79 Å². The zero-order valence-electron chi connectivity index (χ0n) is 11.2. The van der Waals surface area contributed by atoms with Gasteiger partial charge >= 0.3 is 12.0 Å². The molecular formula is C12H22N2O4. The lowest BCUT2D eigenvalue weighted by Crippen LogP contribution is -2.53. The predicted octanol–water partition coefficient (Wildman–Crippen LogP) is 1.06.